The van der Waals surface area contributed by atoms with Gasteiger partial charge in [0.1, 0.15) is 6.54 Å². The number of amides is 1. The van der Waals surface area contributed by atoms with Crippen molar-refractivity contribution in [2.75, 3.05) is 10.8 Å². The van der Waals surface area contributed by atoms with E-state index in [4.69, 9.17) is 5.73 Å². The zero-order valence-electron chi connectivity index (χ0n) is 14.3. The van der Waals surface area contributed by atoms with Crippen molar-refractivity contribution in [1.29, 1.82) is 0 Å². The molecule has 0 aliphatic heterocycles. The minimum Gasteiger partial charge on any atom is -0.368 e. The Kier molecular flexibility index (Phi) is 5.61. The van der Waals surface area contributed by atoms with Crippen molar-refractivity contribution >= 4 is 27.3 Å². The van der Waals surface area contributed by atoms with Gasteiger partial charge >= 0.3 is 0 Å². The SMILES string of the molecule is CC(C)c1ccccc1N(CC(N)=O)S(=O)(=O)c1ccccc1[N+](=O)[O-]. The average Bonchev–Trinajstić information content (AvgIpc) is 2.59. The fourth-order valence-corrected chi connectivity index (χ4v) is 4.21. The van der Waals surface area contributed by atoms with Crippen LogP contribution in [0, 0.1) is 10.1 Å². The first-order valence-electron chi connectivity index (χ1n) is 7.79. The molecule has 0 unspecified atom stereocenters. The molecule has 0 atom stereocenters. The summed E-state index contributed by atoms with van der Waals surface area (Å²) in [5.74, 6) is -0.909. The van der Waals surface area contributed by atoms with Gasteiger partial charge in [-0.1, -0.05) is 44.2 Å². The number of rotatable bonds is 7. The van der Waals surface area contributed by atoms with Gasteiger partial charge in [-0.05, 0) is 23.6 Å². The Morgan fingerprint density at radius 1 is 1.15 bits per heavy atom. The number of hydrogen-bond donors (Lipinski definition) is 1. The van der Waals surface area contributed by atoms with Crippen molar-refractivity contribution in [3.8, 4) is 0 Å². The standard InChI is InChI=1S/C17H19N3O5S/c1-12(2)13-7-3-4-8-14(13)19(11-17(18)21)26(24,25)16-10-6-5-9-15(16)20(22)23/h3-10,12H,11H2,1-2H3,(H2,18,21). The van der Waals surface area contributed by atoms with E-state index in [9.17, 15) is 23.3 Å². The molecule has 2 aromatic rings. The van der Waals surface area contributed by atoms with E-state index in [1.165, 1.54) is 12.1 Å². The molecule has 0 saturated carbocycles. The lowest BCUT2D eigenvalue weighted by molar-refractivity contribution is -0.387. The summed E-state index contributed by atoms with van der Waals surface area (Å²) >= 11 is 0. The Morgan fingerprint density at radius 2 is 1.73 bits per heavy atom. The molecule has 138 valence electrons. The van der Waals surface area contributed by atoms with E-state index in [0.29, 0.717) is 5.56 Å². The van der Waals surface area contributed by atoms with Gasteiger partial charge in [0.05, 0.1) is 10.6 Å². The molecule has 0 bridgehead atoms. The number of anilines is 1. The molecule has 9 heteroatoms. The molecular formula is C17H19N3O5S. The molecule has 2 rings (SSSR count). The van der Waals surface area contributed by atoms with E-state index in [0.717, 1.165) is 16.4 Å². The van der Waals surface area contributed by atoms with Crippen molar-refractivity contribution in [1.82, 2.24) is 0 Å². The molecule has 8 nitrogen and oxygen atoms in total. The molecule has 1 amide bonds. The van der Waals surface area contributed by atoms with Gasteiger partial charge in [0.15, 0.2) is 4.90 Å². The smallest absolute Gasteiger partial charge is 0.289 e. The predicted octanol–water partition coefficient (Wildman–Crippen LogP) is 2.40. The maximum absolute atomic E-state index is 13.2. The molecule has 0 radical (unpaired) electrons. The van der Waals surface area contributed by atoms with Gasteiger partial charge in [-0.25, -0.2) is 8.42 Å². The lowest BCUT2D eigenvalue weighted by Crippen LogP contribution is -2.39. The van der Waals surface area contributed by atoms with Crippen LogP contribution >= 0.6 is 0 Å². The van der Waals surface area contributed by atoms with E-state index in [1.807, 2.05) is 13.8 Å². The van der Waals surface area contributed by atoms with Crippen molar-refractivity contribution in [3.05, 3.63) is 64.2 Å². The maximum atomic E-state index is 13.2. The van der Waals surface area contributed by atoms with Crippen LogP contribution < -0.4 is 10.0 Å². The number of primary amides is 1. The van der Waals surface area contributed by atoms with Crippen molar-refractivity contribution in [2.45, 2.75) is 24.7 Å². The highest BCUT2D eigenvalue weighted by atomic mass is 32.2. The molecule has 0 aromatic heterocycles. The van der Waals surface area contributed by atoms with Crippen LogP contribution in [-0.2, 0) is 14.8 Å². The van der Waals surface area contributed by atoms with Crippen LogP contribution in [0.15, 0.2) is 53.4 Å². The number of hydrogen-bond acceptors (Lipinski definition) is 5. The number of sulfonamides is 1. The number of nitro groups is 1. The average molecular weight is 377 g/mol. The summed E-state index contributed by atoms with van der Waals surface area (Å²) in [6, 6.07) is 11.7. The van der Waals surface area contributed by atoms with Crippen LogP contribution in [0.2, 0.25) is 0 Å². The summed E-state index contributed by atoms with van der Waals surface area (Å²) < 4.78 is 27.2. The summed E-state index contributed by atoms with van der Waals surface area (Å²) in [6.45, 7) is 3.12. The summed E-state index contributed by atoms with van der Waals surface area (Å²) in [5, 5.41) is 11.3. The molecular weight excluding hydrogens is 358 g/mol. The number of nitro benzene ring substituents is 1. The third-order valence-corrected chi connectivity index (χ3v) is 5.56. The first-order chi connectivity index (χ1) is 12.2. The third-order valence-electron chi connectivity index (χ3n) is 3.76. The Balaban J connectivity index is 2.73. The number of carbonyl (C=O) groups is 1. The molecule has 0 fully saturated rings. The molecule has 0 aliphatic rings. The first-order valence-corrected chi connectivity index (χ1v) is 9.23. The van der Waals surface area contributed by atoms with Crippen LogP contribution in [0.1, 0.15) is 25.3 Å². The van der Waals surface area contributed by atoms with Gasteiger partial charge < -0.3 is 5.73 Å². The van der Waals surface area contributed by atoms with Gasteiger partial charge in [0.2, 0.25) is 5.91 Å². The van der Waals surface area contributed by atoms with Crippen molar-refractivity contribution < 1.29 is 18.1 Å². The van der Waals surface area contributed by atoms with Gasteiger partial charge in [-0.3, -0.25) is 19.2 Å². The van der Waals surface area contributed by atoms with Gasteiger partial charge in [-0.15, -0.1) is 0 Å². The highest BCUT2D eigenvalue weighted by Crippen LogP contribution is 2.33. The molecule has 26 heavy (non-hydrogen) atoms. The van der Waals surface area contributed by atoms with Crippen molar-refractivity contribution in [2.24, 2.45) is 5.73 Å². The highest BCUT2D eigenvalue weighted by molar-refractivity contribution is 7.93. The second-order valence-electron chi connectivity index (χ2n) is 5.92. The van der Waals surface area contributed by atoms with Crippen LogP contribution in [0.3, 0.4) is 0 Å². The van der Waals surface area contributed by atoms with Crippen LogP contribution in [-0.4, -0.2) is 25.8 Å². The number of nitrogens with two attached hydrogens (primary N) is 1. The number of nitrogens with zero attached hydrogens (tertiary/aromatic N) is 2. The number of carbonyl (C=O) groups excluding carboxylic acids is 1. The minimum atomic E-state index is -4.39. The van der Waals surface area contributed by atoms with Crippen LogP contribution in [0.5, 0.6) is 0 Å². The van der Waals surface area contributed by atoms with E-state index in [-0.39, 0.29) is 11.6 Å². The van der Waals surface area contributed by atoms with E-state index < -0.39 is 38.0 Å². The molecule has 2 aromatic carbocycles. The fraction of sp³-hybridized carbons (Fsp3) is 0.235. The van der Waals surface area contributed by atoms with Crippen LogP contribution in [0.4, 0.5) is 11.4 Å². The topological polar surface area (TPSA) is 124 Å². The van der Waals surface area contributed by atoms with Gasteiger partial charge in [0, 0.05) is 6.07 Å². The summed E-state index contributed by atoms with van der Waals surface area (Å²) in [4.78, 5) is 21.5. The van der Waals surface area contributed by atoms with Gasteiger partial charge in [-0.2, -0.15) is 0 Å². The molecule has 2 N–H and O–H groups in total. The Labute approximate surface area is 151 Å². The molecule has 0 aliphatic carbocycles. The number of para-hydroxylation sites is 2. The van der Waals surface area contributed by atoms with Gasteiger partial charge in [0.25, 0.3) is 15.7 Å². The van der Waals surface area contributed by atoms with Crippen molar-refractivity contribution in [3.63, 3.8) is 0 Å². The quantitative estimate of drug-likeness (QED) is 0.586. The normalized spacial score (nSPS) is 11.3. The van der Waals surface area contributed by atoms with E-state index in [2.05, 4.69) is 0 Å². The molecule has 0 saturated heterocycles. The monoisotopic (exact) mass is 377 g/mol. The van der Waals surface area contributed by atoms with E-state index in [1.54, 1.807) is 24.3 Å². The second kappa shape index (κ2) is 7.52. The Morgan fingerprint density at radius 3 is 2.31 bits per heavy atom. The molecule has 0 heterocycles. The maximum Gasteiger partial charge on any atom is 0.289 e. The molecule has 0 spiro atoms. The minimum absolute atomic E-state index is 0.0393. The first kappa shape index (κ1) is 19.4. The fourth-order valence-electron chi connectivity index (χ4n) is 2.59. The predicted molar refractivity (Wildman–Crippen MR) is 97.4 cm³/mol. The second-order valence-corrected chi connectivity index (χ2v) is 7.75. The lowest BCUT2D eigenvalue weighted by Gasteiger charge is -2.26. The third kappa shape index (κ3) is 3.83. The Hall–Kier alpha value is -2.94. The summed E-state index contributed by atoms with van der Waals surface area (Å²) in [5.41, 5.74) is 5.62. The highest BCUT2D eigenvalue weighted by Gasteiger charge is 2.33. The van der Waals surface area contributed by atoms with Crippen LogP contribution in [0.25, 0.3) is 0 Å². The zero-order chi connectivity index (χ0) is 19.5. The number of benzene rings is 2. The summed E-state index contributed by atoms with van der Waals surface area (Å²) in [6.07, 6.45) is 0. The Bertz CT molecular complexity index is 941. The lowest BCUT2D eigenvalue weighted by atomic mass is 10.0. The largest absolute Gasteiger partial charge is 0.368 e. The zero-order valence-corrected chi connectivity index (χ0v) is 15.1. The van der Waals surface area contributed by atoms with E-state index >= 15 is 0 Å². The summed E-state index contributed by atoms with van der Waals surface area (Å²) in [7, 11) is -4.39.